The molecule has 0 aliphatic heterocycles. The maximum atomic E-state index is 12.4. The number of methoxy groups -OCH3 is 1. The van der Waals surface area contributed by atoms with Crippen molar-refractivity contribution in [3.63, 3.8) is 0 Å². The smallest absolute Gasteiger partial charge is 0.328 e. The SMILES string of the molecule is COC(=O)[C@@H](Cc1cccc(OCc2ccccc2)c1)NC(=O)CCc1ccccc1. The van der Waals surface area contributed by atoms with E-state index in [9.17, 15) is 9.59 Å². The number of hydrogen-bond donors (Lipinski definition) is 1. The molecule has 5 heteroatoms. The first kappa shape index (κ1) is 22.1. The van der Waals surface area contributed by atoms with Crippen LogP contribution in [0, 0.1) is 0 Å². The minimum Gasteiger partial charge on any atom is -0.489 e. The van der Waals surface area contributed by atoms with E-state index in [1.165, 1.54) is 7.11 Å². The summed E-state index contributed by atoms with van der Waals surface area (Å²) >= 11 is 0. The van der Waals surface area contributed by atoms with Gasteiger partial charge in [-0.3, -0.25) is 4.79 Å². The summed E-state index contributed by atoms with van der Waals surface area (Å²) in [6.07, 6.45) is 1.24. The minimum absolute atomic E-state index is 0.185. The van der Waals surface area contributed by atoms with Gasteiger partial charge < -0.3 is 14.8 Å². The number of esters is 1. The molecule has 3 aromatic carbocycles. The van der Waals surface area contributed by atoms with E-state index < -0.39 is 12.0 Å². The second-order valence-electron chi connectivity index (χ2n) is 7.25. The molecule has 3 rings (SSSR count). The lowest BCUT2D eigenvalue weighted by Gasteiger charge is -2.17. The van der Waals surface area contributed by atoms with Gasteiger partial charge in [0.15, 0.2) is 0 Å². The Morgan fingerprint density at radius 2 is 1.48 bits per heavy atom. The van der Waals surface area contributed by atoms with E-state index in [4.69, 9.17) is 9.47 Å². The zero-order chi connectivity index (χ0) is 21.9. The van der Waals surface area contributed by atoms with Gasteiger partial charge in [0.05, 0.1) is 7.11 Å². The number of nitrogens with one attached hydrogen (secondary N) is 1. The van der Waals surface area contributed by atoms with Crippen LogP contribution in [0.4, 0.5) is 0 Å². The Morgan fingerprint density at radius 1 is 0.839 bits per heavy atom. The third-order valence-electron chi connectivity index (χ3n) is 4.89. The second kappa shape index (κ2) is 11.6. The molecule has 0 aliphatic carbocycles. The number of amides is 1. The molecule has 0 fully saturated rings. The minimum atomic E-state index is -0.752. The van der Waals surface area contributed by atoms with Gasteiger partial charge in [-0.15, -0.1) is 0 Å². The number of ether oxygens (including phenoxy) is 2. The average Bonchev–Trinajstić information content (AvgIpc) is 2.82. The predicted octanol–water partition coefficient (Wildman–Crippen LogP) is 4.10. The number of carbonyl (C=O) groups is 2. The zero-order valence-corrected chi connectivity index (χ0v) is 17.6. The average molecular weight is 418 g/mol. The summed E-state index contributed by atoms with van der Waals surface area (Å²) in [4.78, 5) is 24.7. The molecule has 5 nitrogen and oxygen atoms in total. The summed E-state index contributed by atoms with van der Waals surface area (Å²) in [6, 6.07) is 26.5. The van der Waals surface area contributed by atoms with Crippen LogP contribution in [0.1, 0.15) is 23.1 Å². The molecule has 0 bridgehead atoms. The van der Waals surface area contributed by atoms with E-state index in [1.54, 1.807) is 0 Å². The lowest BCUT2D eigenvalue weighted by atomic mass is 10.0. The lowest BCUT2D eigenvalue weighted by Crippen LogP contribution is -2.43. The van der Waals surface area contributed by atoms with Crippen molar-refractivity contribution in [1.29, 1.82) is 0 Å². The highest BCUT2D eigenvalue weighted by Crippen LogP contribution is 2.17. The van der Waals surface area contributed by atoms with Gasteiger partial charge in [-0.2, -0.15) is 0 Å². The first-order valence-corrected chi connectivity index (χ1v) is 10.3. The number of aryl methyl sites for hydroxylation is 1. The van der Waals surface area contributed by atoms with Crippen LogP contribution in [-0.4, -0.2) is 25.0 Å². The van der Waals surface area contributed by atoms with Gasteiger partial charge in [0.1, 0.15) is 18.4 Å². The predicted molar refractivity (Wildman–Crippen MR) is 120 cm³/mol. The van der Waals surface area contributed by atoms with Gasteiger partial charge in [0.25, 0.3) is 0 Å². The summed E-state index contributed by atoms with van der Waals surface area (Å²) in [5, 5.41) is 2.81. The largest absolute Gasteiger partial charge is 0.489 e. The fourth-order valence-corrected chi connectivity index (χ4v) is 3.24. The third-order valence-corrected chi connectivity index (χ3v) is 4.89. The van der Waals surface area contributed by atoms with E-state index in [2.05, 4.69) is 5.32 Å². The van der Waals surface area contributed by atoms with Crippen LogP contribution in [0.25, 0.3) is 0 Å². The Labute approximate surface area is 183 Å². The molecule has 0 saturated carbocycles. The fourth-order valence-electron chi connectivity index (χ4n) is 3.24. The van der Waals surface area contributed by atoms with E-state index >= 15 is 0 Å². The van der Waals surface area contributed by atoms with Crippen LogP contribution in [-0.2, 0) is 33.8 Å². The van der Waals surface area contributed by atoms with E-state index in [1.807, 2.05) is 84.9 Å². The van der Waals surface area contributed by atoms with Crippen molar-refractivity contribution in [3.8, 4) is 5.75 Å². The van der Waals surface area contributed by atoms with Gasteiger partial charge in [0.2, 0.25) is 5.91 Å². The maximum Gasteiger partial charge on any atom is 0.328 e. The molecule has 1 N–H and O–H groups in total. The lowest BCUT2D eigenvalue weighted by molar-refractivity contribution is -0.145. The quantitative estimate of drug-likeness (QED) is 0.505. The second-order valence-corrected chi connectivity index (χ2v) is 7.25. The Morgan fingerprint density at radius 3 is 2.16 bits per heavy atom. The van der Waals surface area contributed by atoms with Crippen LogP contribution < -0.4 is 10.1 Å². The summed E-state index contributed by atoms with van der Waals surface area (Å²) in [5.41, 5.74) is 3.03. The molecule has 3 aromatic rings. The van der Waals surface area contributed by atoms with Crippen molar-refractivity contribution in [3.05, 3.63) is 102 Å². The molecule has 0 spiro atoms. The van der Waals surface area contributed by atoms with E-state index in [0.29, 0.717) is 31.6 Å². The third kappa shape index (κ3) is 7.30. The number of carbonyl (C=O) groups excluding carboxylic acids is 2. The Kier molecular flexibility index (Phi) is 8.23. The zero-order valence-electron chi connectivity index (χ0n) is 17.6. The molecular weight excluding hydrogens is 390 g/mol. The van der Waals surface area contributed by atoms with Crippen molar-refractivity contribution in [2.45, 2.75) is 31.9 Å². The van der Waals surface area contributed by atoms with Gasteiger partial charge in [0, 0.05) is 12.8 Å². The van der Waals surface area contributed by atoms with Crippen molar-refractivity contribution in [2.75, 3.05) is 7.11 Å². The molecule has 0 radical (unpaired) electrons. The van der Waals surface area contributed by atoms with Gasteiger partial charge in [-0.1, -0.05) is 72.8 Å². The normalized spacial score (nSPS) is 11.4. The van der Waals surface area contributed by atoms with Gasteiger partial charge in [-0.05, 0) is 35.2 Å². The summed E-state index contributed by atoms with van der Waals surface area (Å²) < 4.78 is 10.8. The first-order valence-electron chi connectivity index (χ1n) is 10.3. The molecule has 31 heavy (non-hydrogen) atoms. The summed E-state index contributed by atoms with van der Waals surface area (Å²) in [6.45, 7) is 0.459. The summed E-state index contributed by atoms with van der Waals surface area (Å²) in [5.74, 6) is 0.0553. The fraction of sp³-hybridized carbons (Fsp3) is 0.231. The first-order chi connectivity index (χ1) is 15.1. The Hall–Kier alpha value is -3.60. The topological polar surface area (TPSA) is 64.6 Å². The Balaban J connectivity index is 1.58. The van der Waals surface area contributed by atoms with Crippen LogP contribution in [0.15, 0.2) is 84.9 Å². The van der Waals surface area contributed by atoms with Gasteiger partial charge in [-0.25, -0.2) is 4.79 Å². The van der Waals surface area contributed by atoms with Crippen LogP contribution in [0.5, 0.6) is 5.75 Å². The highest BCUT2D eigenvalue weighted by atomic mass is 16.5. The Bertz CT molecular complexity index is 973. The standard InChI is InChI=1S/C26H27NO4/c1-30-26(29)24(27-25(28)16-15-20-9-4-2-5-10-20)18-22-13-8-14-23(17-22)31-19-21-11-6-3-7-12-21/h2-14,17,24H,15-16,18-19H2,1H3,(H,27,28)/t24-/m1/s1. The number of hydrogen-bond acceptors (Lipinski definition) is 4. The molecular formula is C26H27NO4. The maximum absolute atomic E-state index is 12.4. The highest BCUT2D eigenvalue weighted by Gasteiger charge is 2.22. The van der Waals surface area contributed by atoms with E-state index in [-0.39, 0.29) is 5.91 Å². The molecule has 0 aromatic heterocycles. The number of rotatable bonds is 10. The van der Waals surface area contributed by atoms with Crippen molar-refractivity contribution < 1.29 is 19.1 Å². The molecule has 0 saturated heterocycles. The molecule has 160 valence electrons. The van der Waals surface area contributed by atoms with Gasteiger partial charge >= 0.3 is 5.97 Å². The molecule has 1 atom stereocenters. The molecule has 0 heterocycles. The van der Waals surface area contributed by atoms with Crippen LogP contribution >= 0.6 is 0 Å². The monoisotopic (exact) mass is 417 g/mol. The number of benzene rings is 3. The van der Waals surface area contributed by atoms with Crippen molar-refractivity contribution >= 4 is 11.9 Å². The van der Waals surface area contributed by atoms with E-state index in [0.717, 1.165) is 16.7 Å². The van der Waals surface area contributed by atoms with Crippen LogP contribution in [0.3, 0.4) is 0 Å². The molecule has 0 unspecified atom stereocenters. The summed E-state index contributed by atoms with van der Waals surface area (Å²) in [7, 11) is 1.32. The molecule has 1 amide bonds. The van der Waals surface area contributed by atoms with Crippen molar-refractivity contribution in [1.82, 2.24) is 5.32 Å². The highest BCUT2D eigenvalue weighted by molar-refractivity contribution is 5.84. The molecule has 0 aliphatic rings. The van der Waals surface area contributed by atoms with Crippen LogP contribution in [0.2, 0.25) is 0 Å². The van der Waals surface area contributed by atoms with Crippen molar-refractivity contribution in [2.24, 2.45) is 0 Å².